The molecule has 0 spiro atoms. The zero-order valence-electron chi connectivity index (χ0n) is 7.40. The Hall–Kier alpha value is -0.940. The smallest absolute Gasteiger partial charge is 0.321 e. The van der Waals surface area contributed by atoms with Crippen LogP contribution in [-0.2, 0) is 4.79 Å². The zero-order chi connectivity index (χ0) is 10.7. The Bertz CT molecular complexity index is 359. The highest BCUT2D eigenvalue weighted by Gasteiger charge is 2.21. The third-order valence-electron chi connectivity index (χ3n) is 1.66. The monoisotopic (exact) mass is 232 g/mol. The van der Waals surface area contributed by atoms with E-state index in [1.165, 1.54) is 24.0 Å². The Morgan fingerprint density at radius 3 is 2.93 bits per heavy atom. The maximum Gasteiger partial charge on any atom is 0.321 e. The lowest BCUT2D eigenvalue weighted by Crippen LogP contribution is -2.10. The molecule has 6 heteroatoms. The first kappa shape index (κ1) is 11.1. The van der Waals surface area contributed by atoms with Crippen molar-refractivity contribution in [2.24, 2.45) is 0 Å². The Morgan fingerprint density at radius 2 is 2.43 bits per heavy atom. The topological polar surface area (TPSA) is 76.2 Å². The van der Waals surface area contributed by atoms with Crippen LogP contribution in [0.2, 0.25) is 5.02 Å². The van der Waals surface area contributed by atoms with Crippen LogP contribution in [0.4, 0.5) is 5.82 Å². The maximum absolute atomic E-state index is 10.8. The molecule has 0 aromatic carbocycles. The molecule has 1 aromatic rings. The fraction of sp³-hybridized carbons (Fsp3) is 0.250. The molecule has 0 saturated heterocycles. The van der Waals surface area contributed by atoms with Gasteiger partial charge < -0.3 is 10.8 Å². The van der Waals surface area contributed by atoms with Crippen molar-refractivity contribution in [3.8, 4) is 0 Å². The summed E-state index contributed by atoms with van der Waals surface area (Å²) >= 11 is 6.88. The fourth-order valence-electron chi connectivity index (χ4n) is 1.04. The summed E-state index contributed by atoms with van der Waals surface area (Å²) < 4.78 is 0. The third kappa shape index (κ3) is 2.30. The van der Waals surface area contributed by atoms with Crippen LogP contribution in [0.5, 0.6) is 0 Å². The number of carbonyl (C=O) groups is 1. The standard InChI is InChI=1S/C8H9ClN2O2S/c1-14-6(8(12)13)5-2-4(9)3-11-7(5)10/h2-3,6H,1H3,(H2,10,11)(H,12,13). The molecule has 3 N–H and O–H groups in total. The lowest BCUT2D eigenvalue weighted by atomic mass is 10.2. The summed E-state index contributed by atoms with van der Waals surface area (Å²) in [6, 6.07) is 1.53. The highest BCUT2D eigenvalue weighted by Crippen LogP contribution is 2.31. The molecule has 0 aliphatic carbocycles. The van der Waals surface area contributed by atoms with Crippen LogP contribution in [-0.4, -0.2) is 22.3 Å². The molecule has 1 rings (SSSR count). The van der Waals surface area contributed by atoms with E-state index in [9.17, 15) is 4.79 Å². The van der Waals surface area contributed by atoms with Gasteiger partial charge in [0.05, 0.1) is 5.02 Å². The number of hydrogen-bond acceptors (Lipinski definition) is 4. The molecule has 1 atom stereocenters. The van der Waals surface area contributed by atoms with Crippen molar-refractivity contribution >= 4 is 35.1 Å². The molecule has 0 aliphatic rings. The SMILES string of the molecule is CSC(C(=O)O)c1cc(Cl)cnc1N. The van der Waals surface area contributed by atoms with Crippen LogP contribution in [0, 0.1) is 0 Å². The lowest BCUT2D eigenvalue weighted by molar-refractivity contribution is -0.136. The predicted octanol–water partition coefficient (Wildman–Crippen LogP) is 1.81. The van der Waals surface area contributed by atoms with Gasteiger partial charge in [-0.2, -0.15) is 0 Å². The van der Waals surface area contributed by atoms with Gasteiger partial charge in [-0.3, -0.25) is 4.79 Å². The summed E-state index contributed by atoms with van der Waals surface area (Å²) in [6.45, 7) is 0. The minimum Gasteiger partial charge on any atom is -0.480 e. The number of nitrogens with zero attached hydrogens (tertiary/aromatic N) is 1. The van der Waals surface area contributed by atoms with Gasteiger partial charge in [0.2, 0.25) is 0 Å². The van der Waals surface area contributed by atoms with Crippen molar-refractivity contribution in [1.82, 2.24) is 4.98 Å². The summed E-state index contributed by atoms with van der Waals surface area (Å²) in [5.41, 5.74) is 6.00. The van der Waals surface area contributed by atoms with Gasteiger partial charge in [-0.1, -0.05) is 11.6 Å². The third-order valence-corrected chi connectivity index (χ3v) is 2.79. The number of pyridine rings is 1. The highest BCUT2D eigenvalue weighted by atomic mass is 35.5. The molecule has 4 nitrogen and oxygen atoms in total. The summed E-state index contributed by atoms with van der Waals surface area (Å²) in [7, 11) is 0. The number of carboxylic acid groups (broad SMARTS) is 1. The van der Waals surface area contributed by atoms with E-state index in [-0.39, 0.29) is 5.82 Å². The highest BCUT2D eigenvalue weighted by molar-refractivity contribution is 7.99. The fourth-order valence-corrected chi connectivity index (χ4v) is 1.85. The number of thioether (sulfide) groups is 1. The first-order chi connectivity index (χ1) is 6.56. The van der Waals surface area contributed by atoms with Gasteiger partial charge in [0.15, 0.2) is 0 Å². The van der Waals surface area contributed by atoms with E-state index >= 15 is 0 Å². The van der Waals surface area contributed by atoms with Crippen molar-refractivity contribution in [3.05, 3.63) is 22.8 Å². The van der Waals surface area contributed by atoms with E-state index in [1.54, 1.807) is 6.26 Å². The molecule has 0 bridgehead atoms. The number of nitrogens with two attached hydrogens (primary N) is 1. The summed E-state index contributed by atoms with van der Waals surface area (Å²) in [6.07, 6.45) is 3.08. The summed E-state index contributed by atoms with van der Waals surface area (Å²) in [5.74, 6) is -0.746. The molecule has 1 aromatic heterocycles. The quantitative estimate of drug-likeness (QED) is 0.831. The second kappa shape index (κ2) is 4.52. The molecule has 14 heavy (non-hydrogen) atoms. The van der Waals surface area contributed by atoms with Crippen LogP contribution in [0.3, 0.4) is 0 Å². The van der Waals surface area contributed by atoms with Gasteiger partial charge in [-0.25, -0.2) is 4.98 Å². The number of halogens is 1. The number of hydrogen-bond donors (Lipinski definition) is 2. The molecule has 76 valence electrons. The first-order valence-electron chi connectivity index (χ1n) is 3.72. The van der Waals surface area contributed by atoms with E-state index in [0.29, 0.717) is 10.6 Å². The largest absolute Gasteiger partial charge is 0.480 e. The van der Waals surface area contributed by atoms with Crippen LogP contribution in [0.1, 0.15) is 10.8 Å². The molecule has 0 fully saturated rings. The molecular weight excluding hydrogens is 224 g/mol. The van der Waals surface area contributed by atoms with Crippen LogP contribution < -0.4 is 5.73 Å². The van der Waals surface area contributed by atoms with Gasteiger partial charge in [-0.05, 0) is 12.3 Å². The number of aromatic nitrogens is 1. The van der Waals surface area contributed by atoms with E-state index in [0.717, 1.165) is 0 Å². The maximum atomic E-state index is 10.8. The predicted molar refractivity (Wildman–Crippen MR) is 57.6 cm³/mol. The van der Waals surface area contributed by atoms with E-state index in [1.807, 2.05) is 0 Å². The van der Waals surface area contributed by atoms with Gasteiger partial charge in [0, 0.05) is 11.8 Å². The Morgan fingerprint density at radius 1 is 1.79 bits per heavy atom. The first-order valence-corrected chi connectivity index (χ1v) is 5.39. The van der Waals surface area contributed by atoms with Crippen molar-refractivity contribution in [2.75, 3.05) is 12.0 Å². The molecule has 0 aliphatic heterocycles. The summed E-state index contributed by atoms with van der Waals surface area (Å²) in [5, 5.41) is 8.56. The van der Waals surface area contributed by atoms with Crippen LogP contribution in [0.15, 0.2) is 12.3 Å². The van der Waals surface area contributed by atoms with Gasteiger partial charge in [0.25, 0.3) is 0 Å². The molecule has 0 amide bonds. The molecule has 0 saturated carbocycles. The number of rotatable bonds is 3. The lowest BCUT2D eigenvalue weighted by Gasteiger charge is -2.11. The summed E-state index contributed by atoms with van der Waals surface area (Å²) in [4.78, 5) is 14.6. The van der Waals surface area contributed by atoms with Crippen LogP contribution in [0.25, 0.3) is 0 Å². The van der Waals surface area contributed by atoms with E-state index in [4.69, 9.17) is 22.4 Å². The van der Waals surface area contributed by atoms with Gasteiger partial charge in [-0.15, -0.1) is 11.8 Å². The second-order valence-corrected chi connectivity index (χ2v) is 3.96. The number of carboxylic acids is 1. The van der Waals surface area contributed by atoms with Crippen molar-refractivity contribution in [2.45, 2.75) is 5.25 Å². The molecule has 1 unspecified atom stereocenters. The number of nitrogen functional groups attached to an aromatic ring is 1. The number of aliphatic carboxylic acids is 1. The Balaban J connectivity index is 3.15. The molecule has 1 heterocycles. The Labute approximate surface area is 90.5 Å². The zero-order valence-corrected chi connectivity index (χ0v) is 8.97. The average molecular weight is 233 g/mol. The van der Waals surface area contributed by atoms with Gasteiger partial charge in [0.1, 0.15) is 11.1 Å². The minimum absolute atomic E-state index is 0.205. The second-order valence-electron chi connectivity index (χ2n) is 2.58. The van der Waals surface area contributed by atoms with E-state index < -0.39 is 11.2 Å². The van der Waals surface area contributed by atoms with Crippen molar-refractivity contribution in [3.63, 3.8) is 0 Å². The Kier molecular flexibility index (Phi) is 3.60. The minimum atomic E-state index is -0.951. The average Bonchev–Trinajstić information content (AvgIpc) is 2.11. The van der Waals surface area contributed by atoms with Crippen LogP contribution >= 0.6 is 23.4 Å². The number of anilines is 1. The van der Waals surface area contributed by atoms with Gasteiger partial charge >= 0.3 is 5.97 Å². The normalized spacial score (nSPS) is 12.4. The molecule has 0 radical (unpaired) electrons. The van der Waals surface area contributed by atoms with Crippen molar-refractivity contribution in [1.29, 1.82) is 0 Å². The van der Waals surface area contributed by atoms with Crippen molar-refractivity contribution < 1.29 is 9.90 Å². The van der Waals surface area contributed by atoms with E-state index in [2.05, 4.69) is 4.98 Å². The molecular formula is C8H9ClN2O2S.